The molecule has 3 nitrogen and oxygen atoms in total. The van der Waals surface area contributed by atoms with Gasteiger partial charge in [-0.3, -0.25) is 4.98 Å². The van der Waals surface area contributed by atoms with Crippen LogP contribution in [0.4, 0.5) is 0 Å². The highest BCUT2D eigenvalue weighted by Crippen LogP contribution is 2.29. The van der Waals surface area contributed by atoms with Crippen LogP contribution in [0.5, 0.6) is 0 Å². The van der Waals surface area contributed by atoms with E-state index in [0.29, 0.717) is 6.54 Å². The standard InChI is InChI=1S/C17H18N2OS/c1-12(14-6-4-8-18-10-14)19-11-15(20)17-9-13-5-2-3-7-16(13)21-17/h2-10,12,15,19-20H,11H2,1H3. The number of aliphatic hydroxyl groups excluding tert-OH is 1. The van der Waals surface area contributed by atoms with Crippen molar-refractivity contribution in [1.29, 1.82) is 0 Å². The number of nitrogens with zero attached hydrogens (tertiary/aromatic N) is 1. The molecule has 1 aromatic carbocycles. The Labute approximate surface area is 128 Å². The summed E-state index contributed by atoms with van der Waals surface area (Å²) in [5.74, 6) is 0. The molecule has 2 aromatic heterocycles. The van der Waals surface area contributed by atoms with Crippen LogP contribution in [0, 0.1) is 0 Å². The number of benzene rings is 1. The fraction of sp³-hybridized carbons (Fsp3) is 0.235. The van der Waals surface area contributed by atoms with E-state index in [0.717, 1.165) is 10.4 Å². The number of hydrogen-bond acceptors (Lipinski definition) is 4. The van der Waals surface area contributed by atoms with Crippen LogP contribution in [0.15, 0.2) is 54.9 Å². The first-order valence-electron chi connectivity index (χ1n) is 7.04. The van der Waals surface area contributed by atoms with Gasteiger partial charge in [0, 0.05) is 34.6 Å². The number of fused-ring (bicyclic) bond motifs is 1. The molecular weight excluding hydrogens is 280 g/mol. The van der Waals surface area contributed by atoms with Crippen molar-refractivity contribution in [3.63, 3.8) is 0 Å². The summed E-state index contributed by atoms with van der Waals surface area (Å²) in [4.78, 5) is 5.12. The zero-order valence-corrected chi connectivity index (χ0v) is 12.7. The minimum Gasteiger partial charge on any atom is -0.386 e. The Bertz CT molecular complexity index is 678. The molecule has 0 spiro atoms. The van der Waals surface area contributed by atoms with Gasteiger partial charge in [-0.1, -0.05) is 24.3 Å². The van der Waals surface area contributed by atoms with Crippen LogP contribution in [0.25, 0.3) is 10.1 Å². The molecule has 0 aliphatic heterocycles. The number of thiophene rings is 1. The molecule has 2 N–H and O–H groups in total. The fourth-order valence-electron chi connectivity index (χ4n) is 2.31. The first-order chi connectivity index (χ1) is 10.2. The Morgan fingerprint density at radius 2 is 2.10 bits per heavy atom. The Kier molecular flexibility index (Phi) is 4.29. The zero-order valence-electron chi connectivity index (χ0n) is 11.9. The first kappa shape index (κ1) is 14.2. The van der Waals surface area contributed by atoms with Gasteiger partial charge in [0.1, 0.15) is 6.10 Å². The van der Waals surface area contributed by atoms with Gasteiger partial charge in [-0.15, -0.1) is 11.3 Å². The predicted molar refractivity (Wildman–Crippen MR) is 87.4 cm³/mol. The predicted octanol–water partition coefficient (Wildman–Crippen LogP) is 3.68. The van der Waals surface area contributed by atoms with Crippen LogP contribution in [-0.2, 0) is 0 Å². The molecule has 3 rings (SSSR count). The Morgan fingerprint density at radius 1 is 1.24 bits per heavy atom. The number of nitrogens with one attached hydrogen (secondary N) is 1. The third-order valence-corrected chi connectivity index (χ3v) is 4.79. The Balaban J connectivity index is 1.65. The van der Waals surface area contributed by atoms with E-state index < -0.39 is 6.10 Å². The van der Waals surface area contributed by atoms with Crippen molar-refractivity contribution in [2.45, 2.75) is 19.1 Å². The molecule has 0 aliphatic rings. The lowest BCUT2D eigenvalue weighted by atomic mass is 10.1. The van der Waals surface area contributed by atoms with Crippen molar-refractivity contribution in [3.8, 4) is 0 Å². The molecule has 108 valence electrons. The topological polar surface area (TPSA) is 45.1 Å². The van der Waals surface area contributed by atoms with Gasteiger partial charge in [0.25, 0.3) is 0 Å². The van der Waals surface area contributed by atoms with Gasteiger partial charge in [0.05, 0.1) is 0 Å². The minimum atomic E-state index is -0.485. The molecule has 0 radical (unpaired) electrons. The summed E-state index contributed by atoms with van der Waals surface area (Å²) in [5.41, 5.74) is 1.13. The van der Waals surface area contributed by atoms with Crippen molar-refractivity contribution < 1.29 is 5.11 Å². The van der Waals surface area contributed by atoms with Gasteiger partial charge in [-0.2, -0.15) is 0 Å². The third kappa shape index (κ3) is 3.29. The summed E-state index contributed by atoms with van der Waals surface area (Å²) >= 11 is 1.65. The van der Waals surface area contributed by atoms with Gasteiger partial charge in [-0.05, 0) is 36.1 Å². The van der Waals surface area contributed by atoms with E-state index in [4.69, 9.17) is 0 Å². The fourth-order valence-corrected chi connectivity index (χ4v) is 3.36. The van der Waals surface area contributed by atoms with Gasteiger partial charge in [0.15, 0.2) is 0 Å². The number of aliphatic hydroxyl groups is 1. The largest absolute Gasteiger partial charge is 0.386 e. The molecule has 2 atom stereocenters. The Morgan fingerprint density at radius 3 is 2.86 bits per heavy atom. The van der Waals surface area contributed by atoms with Crippen molar-refractivity contribution in [3.05, 3.63) is 65.3 Å². The first-order valence-corrected chi connectivity index (χ1v) is 7.85. The molecule has 0 saturated heterocycles. The highest BCUT2D eigenvalue weighted by molar-refractivity contribution is 7.19. The van der Waals surface area contributed by atoms with Gasteiger partial charge in [0.2, 0.25) is 0 Å². The molecule has 0 bridgehead atoms. The van der Waals surface area contributed by atoms with Crippen LogP contribution in [-0.4, -0.2) is 16.6 Å². The number of aromatic nitrogens is 1. The maximum Gasteiger partial charge on any atom is 0.101 e. The average Bonchev–Trinajstić information content (AvgIpc) is 2.97. The van der Waals surface area contributed by atoms with Crippen LogP contribution in [0.3, 0.4) is 0 Å². The summed E-state index contributed by atoms with van der Waals surface area (Å²) in [6.07, 6.45) is 3.13. The number of hydrogen-bond donors (Lipinski definition) is 2. The van der Waals surface area contributed by atoms with Crippen LogP contribution < -0.4 is 5.32 Å². The van der Waals surface area contributed by atoms with Crippen LogP contribution >= 0.6 is 11.3 Å². The number of rotatable bonds is 5. The van der Waals surface area contributed by atoms with Crippen molar-refractivity contribution in [2.75, 3.05) is 6.54 Å². The zero-order chi connectivity index (χ0) is 14.7. The summed E-state index contributed by atoms with van der Waals surface area (Å²) in [5, 5.41) is 14.9. The summed E-state index contributed by atoms with van der Waals surface area (Å²) < 4.78 is 1.21. The second-order valence-electron chi connectivity index (χ2n) is 5.12. The second kappa shape index (κ2) is 6.35. The van der Waals surface area contributed by atoms with E-state index >= 15 is 0 Å². The smallest absolute Gasteiger partial charge is 0.101 e. The van der Waals surface area contributed by atoms with Crippen LogP contribution in [0.2, 0.25) is 0 Å². The van der Waals surface area contributed by atoms with Crippen molar-refractivity contribution >= 4 is 21.4 Å². The molecule has 2 unspecified atom stereocenters. The lowest BCUT2D eigenvalue weighted by Crippen LogP contribution is -2.24. The maximum absolute atomic E-state index is 10.3. The third-order valence-electron chi connectivity index (χ3n) is 3.57. The van der Waals surface area contributed by atoms with Crippen LogP contribution in [0.1, 0.15) is 29.5 Å². The van der Waals surface area contributed by atoms with E-state index in [-0.39, 0.29) is 6.04 Å². The highest BCUT2D eigenvalue weighted by Gasteiger charge is 2.13. The lowest BCUT2D eigenvalue weighted by molar-refractivity contribution is 0.174. The molecule has 3 aromatic rings. The van der Waals surface area contributed by atoms with Crippen molar-refractivity contribution in [2.24, 2.45) is 0 Å². The van der Waals surface area contributed by atoms with Gasteiger partial charge in [-0.25, -0.2) is 0 Å². The van der Waals surface area contributed by atoms with E-state index in [1.165, 1.54) is 10.1 Å². The van der Waals surface area contributed by atoms with Gasteiger partial charge >= 0.3 is 0 Å². The molecule has 21 heavy (non-hydrogen) atoms. The maximum atomic E-state index is 10.3. The molecule has 4 heteroatoms. The number of pyridine rings is 1. The Hall–Kier alpha value is -1.75. The highest BCUT2D eigenvalue weighted by atomic mass is 32.1. The summed E-state index contributed by atoms with van der Waals surface area (Å²) in [6, 6.07) is 14.4. The molecule has 0 amide bonds. The molecule has 2 heterocycles. The summed E-state index contributed by atoms with van der Waals surface area (Å²) in [7, 11) is 0. The molecule has 0 saturated carbocycles. The normalized spacial score (nSPS) is 14.2. The van der Waals surface area contributed by atoms with E-state index in [1.807, 2.05) is 30.5 Å². The molecular formula is C17H18N2OS. The SMILES string of the molecule is CC(NCC(O)c1cc2ccccc2s1)c1cccnc1. The van der Waals surface area contributed by atoms with E-state index in [2.05, 4.69) is 35.4 Å². The minimum absolute atomic E-state index is 0.169. The monoisotopic (exact) mass is 298 g/mol. The lowest BCUT2D eigenvalue weighted by Gasteiger charge is -2.16. The van der Waals surface area contributed by atoms with E-state index in [9.17, 15) is 5.11 Å². The molecule has 0 aliphatic carbocycles. The van der Waals surface area contributed by atoms with Gasteiger partial charge < -0.3 is 10.4 Å². The average molecular weight is 298 g/mol. The molecule has 0 fully saturated rings. The second-order valence-corrected chi connectivity index (χ2v) is 6.23. The quantitative estimate of drug-likeness (QED) is 0.755. The summed E-state index contributed by atoms with van der Waals surface area (Å²) in [6.45, 7) is 2.61. The van der Waals surface area contributed by atoms with E-state index in [1.54, 1.807) is 17.5 Å². The van der Waals surface area contributed by atoms with Crippen molar-refractivity contribution in [1.82, 2.24) is 10.3 Å².